The third-order valence-electron chi connectivity index (χ3n) is 3.72. The molecule has 0 radical (unpaired) electrons. The second-order valence-electron chi connectivity index (χ2n) is 6.57. The van der Waals surface area contributed by atoms with E-state index in [1.165, 1.54) is 26.0 Å². The fourth-order valence-corrected chi connectivity index (χ4v) is 3.24. The number of rotatable bonds is 7. The van der Waals surface area contributed by atoms with Crippen LogP contribution in [0.25, 0.3) is 0 Å². The van der Waals surface area contributed by atoms with Crippen molar-refractivity contribution in [3.8, 4) is 0 Å². The van der Waals surface area contributed by atoms with Gasteiger partial charge in [-0.2, -0.15) is 0 Å². The Morgan fingerprint density at radius 3 is 2.14 bits per heavy atom. The van der Waals surface area contributed by atoms with Crippen LogP contribution in [0.3, 0.4) is 0 Å². The molecule has 2 aromatic rings. The van der Waals surface area contributed by atoms with Gasteiger partial charge in [-0.1, -0.05) is 12.1 Å². The standard InChI is InChI=1S/C20H22N2O6S/c1-13(19(24)22-18-9-7-17(8-10-18)21-14(2)23)28-20(25)16-6-4-5-15(11-16)12-29(3,26)27/h4-11,13H,12H2,1-3H3,(H,21,23)(H,22,24)/t13-/m1/s1. The number of carbonyl (C=O) groups is 3. The second kappa shape index (κ2) is 9.33. The van der Waals surface area contributed by atoms with Crippen LogP contribution in [0.4, 0.5) is 11.4 Å². The quantitative estimate of drug-likeness (QED) is 0.667. The highest BCUT2D eigenvalue weighted by Gasteiger charge is 2.19. The third kappa shape index (κ3) is 7.38. The van der Waals surface area contributed by atoms with Crippen LogP contribution in [0.15, 0.2) is 48.5 Å². The lowest BCUT2D eigenvalue weighted by molar-refractivity contribution is -0.123. The van der Waals surface area contributed by atoms with Crippen molar-refractivity contribution < 1.29 is 27.5 Å². The van der Waals surface area contributed by atoms with Crippen LogP contribution in [0.2, 0.25) is 0 Å². The maximum Gasteiger partial charge on any atom is 0.338 e. The minimum atomic E-state index is -3.24. The maximum atomic E-state index is 12.3. The molecule has 0 aliphatic carbocycles. The van der Waals surface area contributed by atoms with Crippen LogP contribution < -0.4 is 10.6 Å². The van der Waals surface area contributed by atoms with Crippen molar-refractivity contribution in [1.82, 2.24) is 0 Å². The van der Waals surface area contributed by atoms with E-state index in [0.29, 0.717) is 16.9 Å². The molecule has 0 bridgehead atoms. The molecule has 1 atom stereocenters. The normalized spacial score (nSPS) is 12.0. The molecule has 0 saturated carbocycles. The van der Waals surface area contributed by atoms with Gasteiger partial charge in [0.1, 0.15) is 0 Å². The summed E-state index contributed by atoms with van der Waals surface area (Å²) in [7, 11) is -3.24. The first-order chi connectivity index (χ1) is 13.5. The molecule has 0 spiro atoms. The maximum absolute atomic E-state index is 12.3. The smallest absolute Gasteiger partial charge is 0.338 e. The number of hydrogen-bond acceptors (Lipinski definition) is 6. The molecule has 0 saturated heterocycles. The van der Waals surface area contributed by atoms with E-state index in [4.69, 9.17) is 4.74 Å². The molecule has 0 heterocycles. The van der Waals surface area contributed by atoms with Gasteiger partial charge in [0.15, 0.2) is 15.9 Å². The molecular weight excluding hydrogens is 396 g/mol. The molecule has 9 heteroatoms. The van der Waals surface area contributed by atoms with E-state index in [0.717, 1.165) is 6.26 Å². The lowest BCUT2D eigenvalue weighted by Gasteiger charge is -2.14. The fraction of sp³-hybridized carbons (Fsp3) is 0.250. The van der Waals surface area contributed by atoms with Crippen molar-refractivity contribution in [3.63, 3.8) is 0 Å². The molecule has 0 unspecified atom stereocenters. The van der Waals surface area contributed by atoms with Crippen molar-refractivity contribution in [2.45, 2.75) is 25.7 Å². The Labute approximate surface area is 169 Å². The van der Waals surface area contributed by atoms with E-state index in [2.05, 4.69) is 10.6 Å². The first-order valence-corrected chi connectivity index (χ1v) is 10.8. The van der Waals surface area contributed by atoms with Crippen LogP contribution in [-0.4, -0.2) is 38.6 Å². The highest BCUT2D eigenvalue weighted by molar-refractivity contribution is 7.89. The summed E-state index contributed by atoms with van der Waals surface area (Å²) in [6, 6.07) is 12.5. The van der Waals surface area contributed by atoms with Crippen molar-refractivity contribution >= 4 is 39.0 Å². The molecule has 2 rings (SSSR count). The van der Waals surface area contributed by atoms with E-state index >= 15 is 0 Å². The number of nitrogens with one attached hydrogen (secondary N) is 2. The Hall–Kier alpha value is -3.20. The van der Waals surface area contributed by atoms with E-state index in [9.17, 15) is 22.8 Å². The SMILES string of the molecule is CC(=O)Nc1ccc(NC(=O)[C@@H](C)OC(=O)c2cccc(CS(C)(=O)=O)c2)cc1. The molecule has 29 heavy (non-hydrogen) atoms. The summed E-state index contributed by atoms with van der Waals surface area (Å²) in [5.74, 6) is -1.66. The number of carbonyl (C=O) groups excluding carboxylic acids is 3. The van der Waals surface area contributed by atoms with Gasteiger partial charge >= 0.3 is 5.97 Å². The molecule has 0 aromatic heterocycles. The van der Waals surface area contributed by atoms with Gasteiger partial charge in [-0.15, -0.1) is 0 Å². The molecule has 2 N–H and O–H groups in total. The Morgan fingerprint density at radius 1 is 1.00 bits per heavy atom. The van der Waals surface area contributed by atoms with E-state index < -0.39 is 27.8 Å². The van der Waals surface area contributed by atoms with Crippen molar-refractivity contribution in [3.05, 3.63) is 59.7 Å². The van der Waals surface area contributed by atoms with Gasteiger partial charge in [-0.05, 0) is 48.9 Å². The van der Waals surface area contributed by atoms with E-state index in [1.807, 2.05) is 0 Å². The lowest BCUT2D eigenvalue weighted by atomic mass is 10.1. The summed E-state index contributed by atoms with van der Waals surface area (Å²) in [5, 5.41) is 5.23. The average Bonchev–Trinajstić information content (AvgIpc) is 2.61. The number of esters is 1. The summed E-state index contributed by atoms with van der Waals surface area (Å²) in [6.45, 7) is 2.82. The molecule has 2 amide bonds. The summed E-state index contributed by atoms with van der Waals surface area (Å²) >= 11 is 0. The van der Waals surface area contributed by atoms with E-state index in [-0.39, 0.29) is 17.2 Å². The van der Waals surface area contributed by atoms with Gasteiger partial charge in [0.25, 0.3) is 5.91 Å². The number of amides is 2. The largest absolute Gasteiger partial charge is 0.449 e. The topological polar surface area (TPSA) is 119 Å². The number of benzene rings is 2. The Balaban J connectivity index is 1.97. The highest BCUT2D eigenvalue weighted by Crippen LogP contribution is 2.15. The Morgan fingerprint density at radius 2 is 1.59 bits per heavy atom. The summed E-state index contributed by atoms with van der Waals surface area (Å²) in [6.07, 6.45) is 0.0312. The minimum Gasteiger partial charge on any atom is -0.449 e. The van der Waals surface area contributed by atoms with Crippen molar-refractivity contribution in [2.24, 2.45) is 0 Å². The van der Waals surface area contributed by atoms with Crippen LogP contribution in [0.1, 0.15) is 29.8 Å². The van der Waals surface area contributed by atoms with Gasteiger partial charge in [-0.25, -0.2) is 13.2 Å². The molecule has 0 aliphatic rings. The number of sulfone groups is 1. The second-order valence-corrected chi connectivity index (χ2v) is 8.71. The molecule has 0 aliphatic heterocycles. The van der Waals surface area contributed by atoms with Crippen molar-refractivity contribution in [1.29, 1.82) is 0 Å². The highest BCUT2D eigenvalue weighted by atomic mass is 32.2. The molecular formula is C20H22N2O6S. The number of hydrogen-bond donors (Lipinski definition) is 2. The Bertz CT molecular complexity index is 1020. The van der Waals surface area contributed by atoms with Crippen LogP contribution in [0, 0.1) is 0 Å². The van der Waals surface area contributed by atoms with E-state index in [1.54, 1.807) is 36.4 Å². The number of ether oxygens (including phenoxy) is 1. The summed E-state index contributed by atoms with van der Waals surface area (Å²) in [4.78, 5) is 35.6. The molecule has 0 fully saturated rings. The zero-order valence-electron chi connectivity index (χ0n) is 16.3. The lowest BCUT2D eigenvalue weighted by Crippen LogP contribution is -2.30. The van der Waals surface area contributed by atoms with Gasteiger partial charge < -0.3 is 15.4 Å². The van der Waals surface area contributed by atoms with Gasteiger partial charge in [-0.3, -0.25) is 9.59 Å². The first-order valence-electron chi connectivity index (χ1n) is 8.69. The predicted molar refractivity (Wildman–Crippen MR) is 109 cm³/mol. The van der Waals surface area contributed by atoms with Gasteiger partial charge in [0, 0.05) is 24.6 Å². The first kappa shape index (κ1) is 22.1. The zero-order valence-corrected chi connectivity index (χ0v) is 17.1. The fourth-order valence-electron chi connectivity index (χ4n) is 2.46. The van der Waals surface area contributed by atoms with Crippen LogP contribution in [0.5, 0.6) is 0 Å². The van der Waals surface area contributed by atoms with Crippen LogP contribution in [-0.2, 0) is 29.9 Å². The van der Waals surface area contributed by atoms with Crippen LogP contribution >= 0.6 is 0 Å². The van der Waals surface area contributed by atoms with Gasteiger partial charge in [0.05, 0.1) is 11.3 Å². The van der Waals surface area contributed by atoms with Gasteiger partial charge in [0.2, 0.25) is 5.91 Å². The predicted octanol–water partition coefficient (Wildman–Crippen LogP) is 2.37. The molecule has 8 nitrogen and oxygen atoms in total. The Kier molecular flexibility index (Phi) is 7.11. The molecule has 2 aromatic carbocycles. The number of anilines is 2. The zero-order chi connectivity index (χ0) is 21.6. The van der Waals surface area contributed by atoms with Crippen molar-refractivity contribution in [2.75, 3.05) is 16.9 Å². The summed E-state index contributed by atoms with van der Waals surface area (Å²) in [5.41, 5.74) is 1.68. The minimum absolute atomic E-state index is 0.158. The third-order valence-corrected chi connectivity index (χ3v) is 4.58. The monoisotopic (exact) mass is 418 g/mol. The summed E-state index contributed by atoms with van der Waals surface area (Å²) < 4.78 is 28.0. The average molecular weight is 418 g/mol. The molecule has 154 valence electrons.